The molecule has 1 atom stereocenters. The minimum atomic E-state index is 0.912. The van der Waals surface area contributed by atoms with Gasteiger partial charge in [-0.05, 0) is 39.5 Å². The summed E-state index contributed by atoms with van der Waals surface area (Å²) >= 11 is 0. The molecule has 0 radical (unpaired) electrons. The second kappa shape index (κ2) is 6.28. The summed E-state index contributed by atoms with van der Waals surface area (Å²) in [6, 6.07) is 0. The van der Waals surface area contributed by atoms with Gasteiger partial charge in [-0.25, -0.2) is 0 Å². The van der Waals surface area contributed by atoms with Crippen molar-refractivity contribution in [3.8, 4) is 0 Å². The number of hydrogen-bond donors (Lipinski definition) is 0. The highest BCUT2D eigenvalue weighted by molar-refractivity contribution is 5.06. The molecular weight excluding hydrogens is 144 g/mol. The van der Waals surface area contributed by atoms with E-state index in [-0.39, 0.29) is 0 Å². The minimum Gasteiger partial charge on any atom is -0.0775 e. The van der Waals surface area contributed by atoms with E-state index in [1.807, 2.05) is 0 Å². The van der Waals surface area contributed by atoms with Crippen molar-refractivity contribution in [3.05, 3.63) is 11.1 Å². The molecule has 1 unspecified atom stereocenters. The molecule has 0 aromatic heterocycles. The fourth-order valence-electron chi connectivity index (χ4n) is 1.17. The predicted octanol–water partition coefficient (Wildman–Crippen LogP) is 4.56. The Hall–Kier alpha value is -0.260. The molecule has 0 saturated carbocycles. The van der Waals surface area contributed by atoms with E-state index in [1.165, 1.54) is 31.3 Å². The van der Waals surface area contributed by atoms with E-state index >= 15 is 0 Å². The smallest absolute Gasteiger partial charge is 0.0321 e. The van der Waals surface area contributed by atoms with Gasteiger partial charge >= 0.3 is 0 Å². The van der Waals surface area contributed by atoms with Crippen LogP contribution >= 0.6 is 0 Å². The highest BCUT2D eigenvalue weighted by Crippen LogP contribution is 2.16. The van der Waals surface area contributed by atoms with Crippen molar-refractivity contribution in [2.24, 2.45) is 5.92 Å². The van der Waals surface area contributed by atoms with E-state index in [2.05, 4.69) is 34.6 Å². The molecule has 0 rings (SSSR count). The molecule has 0 aromatic carbocycles. The first-order chi connectivity index (χ1) is 5.57. The molecule has 0 amide bonds. The lowest BCUT2D eigenvalue weighted by Crippen LogP contribution is -1.92. The molecule has 0 bridgehead atoms. The van der Waals surface area contributed by atoms with Crippen LogP contribution in [0.25, 0.3) is 0 Å². The van der Waals surface area contributed by atoms with E-state index in [9.17, 15) is 0 Å². The highest BCUT2D eigenvalue weighted by atomic mass is 14.0. The Kier molecular flexibility index (Phi) is 6.14. The van der Waals surface area contributed by atoms with Gasteiger partial charge in [0.1, 0.15) is 0 Å². The van der Waals surface area contributed by atoms with Crippen molar-refractivity contribution in [1.82, 2.24) is 0 Å². The fourth-order valence-corrected chi connectivity index (χ4v) is 1.17. The lowest BCUT2D eigenvalue weighted by Gasteiger charge is -2.08. The van der Waals surface area contributed by atoms with Gasteiger partial charge in [0.2, 0.25) is 0 Å². The van der Waals surface area contributed by atoms with Gasteiger partial charge in [0.05, 0.1) is 0 Å². The summed E-state index contributed by atoms with van der Waals surface area (Å²) in [4.78, 5) is 0. The van der Waals surface area contributed by atoms with Crippen LogP contribution in [0.3, 0.4) is 0 Å². The van der Waals surface area contributed by atoms with E-state index in [0.29, 0.717) is 0 Å². The first kappa shape index (κ1) is 11.7. The minimum absolute atomic E-state index is 0.912. The third-order valence-corrected chi connectivity index (χ3v) is 2.80. The van der Waals surface area contributed by atoms with Crippen molar-refractivity contribution >= 4 is 0 Å². The Bertz CT molecular complexity index is 138. The SMILES string of the molecule is CCC(C)CCCC(C)=C(C)C. The molecule has 72 valence electrons. The molecule has 0 spiro atoms. The maximum Gasteiger partial charge on any atom is -0.0321 e. The highest BCUT2D eigenvalue weighted by Gasteiger charge is 1.99. The molecule has 0 aliphatic carbocycles. The molecule has 0 aliphatic heterocycles. The number of hydrogen-bond acceptors (Lipinski definition) is 0. The zero-order chi connectivity index (χ0) is 9.56. The zero-order valence-corrected chi connectivity index (χ0v) is 9.41. The van der Waals surface area contributed by atoms with Crippen LogP contribution in [0, 0.1) is 5.92 Å². The monoisotopic (exact) mass is 168 g/mol. The van der Waals surface area contributed by atoms with Gasteiger partial charge in [-0.15, -0.1) is 0 Å². The van der Waals surface area contributed by atoms with Gasteiger partial charge < -0.3 is 0 Å². The average Bonchev–Trinajstić information content (AvgIpc) is 2.03. The van der Waals surface area contributed by atoms with Gasteiger partial charge in [-0.2, -0.15) is 0 Å². The van der Waals surface area contributed by atoms with Crippen molar-refractivity contribution in [2.75, 3.05) is 0 Å². The lowest BCUT2D eigenvalue weighted by molar-refractivity contribution is 0.494. The first-order valence-electron chi connectivity index (χ1n) is 5.20. The molecule has 0 heterocycles. The average molecular weight is 168 g/mol. The van der Waals surface area contributed by atoms with Crippen molar-refractivity contribution in [1.29, 1.82) is 0 Å². The maximum atomic E-state index is 2.35. The Morgan fingerprint density at radius 1 is 1.17 bits per heavy atom. The topological polar surface area (TPSA) is 0 Å². The van der Waals surface area contributed by atoms with E-state index < -0.39 is 0 Å². The second-order valence-electron chi connectivity index (χ2n) is 4.19. The van der Waals surface area contributed by atoms with Crippen molar-refractivity contribution < 1.29 is 0 Å². The van der Waals surface area contributed by atoms with Gasteiger partial charge in [0.25, 0.3) is 0 Å². The largest absolute Gasteiger partial charge is 0.0775 e. The third-order valence-electron chi connectivity index (χ3n) is 2.80. The van der Waals surface area contributed by atoms with Crippen molar-refractivity contribution in [3.63, 3.8) is 0 Å². The van der Waals surface area contributed by atoms with Gasteiger partial charge in [-0.3, -0.25) is 0 Å². The van der Waals surface area contributed by atoms with Crippen LogP contribution in [0.15, 0.2) is 11.1 Å². The fraction of sp³-hybridized carbons (Fsp3) is 0.833. The van der Waals surface area contributed by atoms with Crippen LogP contribution in [-0.2, 0) is 0 Å². The summed E-state index contributed by atoms with van der Waals surface area (Å²) in [5.41, 5.74) is 3.08. The first-order valence-corrected chi connectivity index (χ1v) is 5.20. The number of rotatable bonds is 5. The summed E-state index contributed by atoms with van der Waals surface area (Å²) in [6.07, 6.45) is 5.38. The molecule has 0 fully saturated rings. The molecule has 0 heteroatoms. The Morgan fingerprint density at radius 3 is 2.17 bits per heavy atom. The second-order valence-corrected chi connectivity index (χ2v) is 4.19. The third kappa shape index (κ3) is 5.40. The quantitative estimate of drug-likeness (QED) is 0.528. The van der Waals surface area contributed by atoms with Gasteiger partial charge in [0, 0.05) is 0 Å². The van der Waals surface area contributed by atoms with Crippen LogP contribution in [0.1, 0.15) is 60.3 Å². The molecular formula is C12H24. The van der Waals surface area contributed by atoms with Gasteiger partial charge in [0.15, 0.2) is 0 Å². The van der Waals surface area contributed by atoms with E-state index in [4.69, 9.17) is 0 Å². The van der Waals surface area contributed by atoms with Crippen molar-refractivity contribution in [2.45, 2.75) is 60.3 Å². The Balaban J connectivity index is 3.51. The summed E-state index contributed by atoms with van der Waals surface area (Å²) in [5.74, 6) is 0.912. The normalized spacial score (nSPS) is 12.8. The molecule has 0 nitrogen and oxygen atoms in total. The zero-order valence-electron chi connectivity index (χ0n) is 9.41. The maximum absolute atomic E-state index is 2.35. The standard InChI is InChI=1S/C12H24/c1-6-11(4)8-7-9-12(5)10(2)3/h11H,6-9H2,1-5H3. The van der Waals surface area contributed by atoms with E-state index in [1.54, 1.807) is 5.57 Å². The lowest BCUT2D eigenvalue weighted by atomic mass is 9.98. The summed E-state index contributed by atoms with van der Waals surface area (Å²) in [5, 5.41) is 0. The van der Waals surface area contributed by atoms with Crippen LogP contribution in [-0.4, -0.2) is 0 Å². The van der Waals surface area contributed by atoms with Gasteiger partial charge in [-0.1, -0.05) is 37.8 Å². The Morgan fingerprint density at radius 2 is 1.75 bits per heavy atom. The van der Waals surface area contributed by atoms with Crippen LogP contribution in [0.2, 0.25) is 0 Å². The predicted molar refractivity (Wildman–Crippen MR) is 57.4 cm³/mol. The van der Waals surface area contributed by atoms with Crippen LogP contribution in [0.4, 0.5) is 0 Å². The molecule has 0 aromatic rings. The summed E-state index contributed by atoms with van der Waals surface area (Å²) in [6.45, 7) is 11.3. The molecule has 0 saturated heterocycles. The van der Waals surface area contributed by atoms with Crippen LogP contribution < -0.4 is 0 Å². The molecule has 0 N–H and O–H groups in total. The number of allylic oxidation sites excluding steroid dienone is 2. The van der Waals surface area contributed by atoms with E-state index in [0.717, 1.165) is 5.92 Å². The van der Waals surface area contributed by atoms with Crippen LogP contribution in [0.5, 0.6) is 0 Å². The molecule has 12 heavy (non-hydrogen) atoms. The summed E-state index contributed by atoms with van der Waals surface area (Å²) in [7, 11) is 0. The Labute approximate surface area is 78.1 Å². The molecule has 0 aliphatic rings. The summed E-state index contributed by atoms with van der Waals surface area (Å²) < 4.78 is 0.